The fourth-order valence-corrected chi connectivity index (χ4v) is 2.57. The molecule has 124 valence electrons. The highest BCUT2D eigenvalue weighted by molar-refractivity contribution is 5.37. The zero-order chi connectivity index (χ0) is 15.8. The van der Waals surface area contributed by atoms with Crippen LogP contribution < -0.4 is 10.1 Å². The molecule has 4 heteroatoms. The summed E-state index contributed by atoms with van der Waals surface area (Å²) in [6.45, 7) is 14.0. The Morgan fingerprint density at radius 3 is 2.64 bits per heavy atom. The van der Waals surface area contributed by atoms with Crippen molar-refractivity contribution in [3.05, 3.63) is 29.3 Å². The molecule has 1 saturated heterocycles. The fourth-order valence-electron chi connectivity index (χ4n) is 2.57. The smallest absolute Gasteiger partial charge is 0.122 e. The number of aryl methyl sites for hydroxylation is 1. The maximum atomic E-state index is 5.87. The number of ether oxygens (including phenoxy) is 2. The van der Waals surface area contributed by atoms with Gasteiger partial charge in [0.25, 0.3) is 0 Å². The molecule has 0 unspecified atom stereocenters. The number of rotatable bonds is 8. The molecule has 1 fully saturated rings. The van der Waals surface area contributed by atoms with E-state index < -0.39 is 0 Å². The van der Waals surface area contributed by atoms with Gasteiger partial charge in [0.2, 0.25) is 0 Å². The quantitative estimate of drug-likeness (QED) is 0.748. The van der Waals surface area contributed by atoms with E-state index in [4.69, 9.17) is 9.47 Å². The van der Waals surface area contributed by atoms with Crippen LogP contribution in [0, 0.1) is 6.92 Å². The first-order valence-electron chi connectivity index (χ1n) is 8.41. The average Bonchev–Trinajstić information content (AvgIpc) is 2.53. The van der Waals surface area contributed by atoms with Crippen LogP contribution in [0.4, 0.5) is 0 Å². The summed E-state index contributed by atoms with van der Waals surface area (Å²) in [5.41, 5.74) is 2.51. The highest BCUT2D eigenvalue weighted by Gasteiger charge is 2.08. The number of benzene rings is 1. The predicted molar refractivity (Wildman–Crippen MR) is 90.9 cm³/mol. The van der Waals surface area contributed by atoms with E-state index in [2.05, 4.69) is 49.2 Å². The van der Waals surface area contributed by atoms with Gasteiger partial charge in [-0.05, 0) is 30.0 Å². The summed E-state index contributed by atoms with van der Waals surface area (Å²) in [5.74, 6) is 1.51. The number of nitrogens with one attached hydrogen (secondary N) is 1. The molecule has 1 aliphatic rings. The van der Waals surface area contributed by atoms with Crippen LogP contribution >= 0.6 is 0 Å². The summed E-state index contributed by atoms with van der Waals surface area (Å²) in [5, 5.41) is 3.36. The topological polar surface area (TPSA) is 33.7 Å². The van der Waals surface area contributed by atoms with Crippen molar-refractivity contribution in [2.24, 2.45) is 0 Å². The molecule has 1 N–H and O–H groups in total. The third-order valence-corrected chi connectivity index (χ3v) is 4.13. The van der Waals surface area contributed by atoms with Gasteiger partial charge >= 0.3 is 0 Å². The Balaban J connectivity index is 1.63. The minimum atomic E-state index is 0.526. The first-order chi connectivity index (χ1) is 10.7. The Labute approximate surface area is 134 Å². The second-order valence-electron chi connectivity index (χ2n) is 6.23. The standard InChI is InChI=1S/C18H30N2O2/c1-15(2)17-5-4-16(3)18(14-17)22-13-12-21-11-10-20-8-6-19-7-9-20/h4-5,14-15,19H,6-13H2,1-3H3. The molecule has 1 heterocycles. The summed E-state index contributed by atoms with van der Waals surface area (Å²) in [7, 11) is 0. The van der Waals surface area contributed by atoms with E-state index in [0.29, 0.717) is 19.1 Å². The minimum absolute atomic E-state index is 0.526. The molecular weight excluding hydrogens is 276 g/mol. The Bertz CT molecular complexity index is 443. The van der Waals surface area contributed by atoms with Crippen LogP contribution in [0.3, 0.4) is 0 Å². The van der Waals surface area contributed by atoms with Crippen LogP contribution in [0.15, 0.2) is 18.2 Å². The molecule has 0 aliphatic carbocycles. The lowest BCUT2D eigenvalue weighted by atomic mass is 10.0. The molecule has 4 nitrogen and oxygen atoms in total. The second kappa shape index (κ2) is 9.13. The lowest BCUT2D eigenvalue weighted by Crippen LogP contribution is -2.44. The van der Waals surface area contributed by atoms with Crippen LogP contribution in [-0.2, 0) is 4.74 Å². The third-order valence-electron chi connectivity index (χ3n) is 4.13. The Morgan fingerprint density at radius 1 is 1.14 bits per heavy atom. The predicted octanol–water partition coefficient (Wildman–Crippen LogP) is 2.42. The molecule has 0 saturated carbocycles. The Morgan fingerprint density at radius 2 is 1.91 bits per heavy atom. The number of hydrogen-bond acceptors (Lipinski definition) is 4. The minimum Gasteiger partial charge on any atom is -0.491 e. The van der Waals surface area contributed by atoms with Gasteiger partial charge in [-0.15, -0.1) is 0 Å². The maximum Gasteiger partial charge on any atom is 0.122 e. The number of hydrogen-bond donors (Lipinski definition) is 1. The van der Waals surface area contributed by atoms with Gasteiger partial charge in [-0.3, -0.25) is 4.90 Å². The van der Waals surface area contributed by atoms with Crippen molar-refractivity contribution in [2.75, 3.05) is 52.5 Å². The monoisotopic (exact) mass is 306 g/mol. The van der Waals surface area contributed by atoms with Gasteiger partial charge < -0.3 is 14.8 Å². The van der Waals surface area contributed by atoms with Crippen LogP contribution in [0.1, 0.15) is 30.9 Å². The van der Waals surface area contributed by atoms with Crippen LogP contribution in [0.5, 0.6) is 5.75 Å². The van der Waals surface area contributed by atoms with E-state index in [0.717, 1.165) is 45.1 Å². The van der Waals surface area contributed by atoms with Crippen LogP contribution in [0.25, 0.3) is 0 Å². The molecule has 0 bridgehead atoms. The van der Waals surface area contributed by atoms with E-state index in [1.807, 2.05) is 0 Å². The summed E-state index contributed by atoms with van der Waals surface area (Å²) in [4.78, 5) is 2.44. The van der Waals surface area contributed by atoms with E-state index in [9.17, 15) is 0 Å². The molecule has 1 aliphatic heterocycles. The van der Waals surface area contributed by atoms with Gasteiger partial charge in [0, 0.05) is 32.7 Å². The number of piperazine rings is 1. The Kier molecular flexibility index (Phi) is 7.16. The molecule has 0 amide bonds. The number of nitrogens with zero attached hydrogens (tertiary/aromatic N) is 1. The molecule has 0 aromatic heterocycles. The highest BCUT2D eigenvalue weighted by atomic mass is 16.5. The van der Waals surface area contributed by atoms with Crippen molar-refractivity contribution in [3.63, 3.8) is 0 Å². The second-order valence-corrected chi connectivity index (χ2v) is 6.23. The first-order valence-corrected chi connectivity index (χ1v) is 8.41. The highest BCUT2D eigenvalue weighted by Crippen LogP contribution is 2.24. The van der Waals surface area contributed by atoms with Gasteiger partial charge in [0.05, 0.1) is 13.2 Å². The largest absolute Gasteiger partial charge is 0.491 e. The molecule has 0 atom stereocenters. The molecule has 0 spiro atoms. The van der Waals surface area contributed by atoms with Crippen molar-refractivity contribution < 1.29 is 9.47 Å². The van der Waals surface area contributed by atoms with Crippen molar-refractivity contribution >= 4 is 0 Å². The molecule has 2 rings (SSSR count). The lowest BCUT2D eigenvalue weighted by Gasteiger charge is -2.26. The maximum absolute atomic E-state index is 5.87. The van der Waals surface area contributed by atoms with E-state index in [1.54, 1.807) is 0 Å². The van der Waals surface area contributed by atoms with Gasteiger partial charge in [-0.2, -0.15) is 0 Å². The summed E-state index contributed by atoms with van der Waals surface area (Å²) >= 11 is 0. The van der Waals surface area contributed by atoms with E-state index >= 15 is 0 Å². The summed E-state index contributed by atoms with van der Waals surface area (Å²) in [6, 6.07) is 6.47. The van der Waals surface area contributed by atoms with Crippen molar-refractivity contribution in [3.8, 4) is 5.75 Å². The van der Waals surface area contributed by atoms with E-state index in [-0.39, 0.29) is 0 Å². The van der Waals surface area contributed by atoms with Crippen molar-refractivity contribution in [1.82, 2.24) is 10.2 Å². The van der Waals surface area contributed by atoms with Crippen LogP contribution in [0.2, 0.25) is 0 Å². The van der Waals surface area contributed by atoms with Gasteiger partial charge in [-0.25, -0.2) is 0 Å². The Hall–Kier alpha value is -1.10. The van der Waals surface area contributed by atoms with Gasteiger partial charge in [0.1, 0.15) is 12.4 Å². The normalized spacial score (nSPS) is 16.2. The summed E-state index contributed by atoms with van der Waals surface area (Å²) < 4.78 is 11.6. The summed E-state index contributed by atoms with van der Waals surface area (Å²) in [6.07, 6.45) is 0. The fraction of sp³-hybridized carbons (Fsp3) is 0.667. The van der Waals surface area contributed by atoms with Crippen molar-refractivity contribution in [1.29, 1.82) is 0 Å². The SMILES string of the molecule is Cc1ccc(C(C)C)cc1OCCOCCN1CCNCC1. The zero-order valence-corrected chi connectivity index (χ0v) is 14.2. The third kappa shape index (κ3) is 5.59. The van der Waals surface area contributed by atoms with Crippen LogP contribution in [-0.4, -0.2) is 57.4 Å². The average molecular weight is 306 g/mol. The molecule has 1 aromatic rings. The first kappa shape index (κ1) is 17.3. The molecular formula is C18H30N2O2. The lowest BCUT2D eigenvalue weighted by molar-refractivity contribution is 0.0766. The molecule has 0 radical (unpaired) electrons. The van der Waals surface area contributed by atoms with Gasteiger partial charge in [0.15, 0.2) is 0 Å². The molecule has 22 heavy (non-hydrogen) atoms. The molecule has 1 aromatic carbocycles. The van der Waals surface area contributed by atoms with E-state index in [1.165, 1.54) is 11.1 Å². The zero-order valence-electron chi connectivity index (χ0n) is 14.2. The van der Waals surface area contributed by atoms with Crippen molar-refractivity contribution in [2.45, 2.75) is 26.7 Å². The van der Waals surface area contributed by atoms with Gasteiger partial charge in [-0.1, -0.05) is 26.0 Å².